The molecule has 1 amide bonds. The molecule has 0 radical (unpaired) electrons. The topological polar surface area (TPSA) is 48.5 Å². The molecule has 5 nitrogen and oxygen atoms in total. The molecule has 1 aromatic heterocycles. The van der Waals surface area contributed by atoms with Gasteiger partial charge in [-0.05, 0) is 6.92 Å². The molecule has 1 aliphatic heterocycles. The number of carbonyl (C=O) groups excluding carboxylic acids is 1. The number of nitrogens with one attached hydrogen (secondary N) is 1. The number of rotatable bonds is 5. The van der Waals surface area contributed by atoms with Crippen molar-refractivity contribution < 1.29 is 4.79 Å². The second-order valence-corrected chi connectivity index (χ2v) is 5.22. The Hall–Kier alpha value is -1.14. The lowest BCUT2D eigenvalue weighted by Gasteiger charge is -2.34. The minimum absolute atomic E-state index is 0.153. The van der Waals surface area contributed by atoms with Gasteiger partial charge in [0.2, 0.25) is 5.91 Å². The van der Waals surface area contributed by atoms with E-state index in [1.165, 1.54) is 0 Å². The van der Waals surface area contributed by atoms with Gasteiger partial charge in [0.15, 0.2) is 5.13 Å². The third-order valence-electron chi connectivity index (χ3n) is 3.09. The van der Waals surface area contributed by atoms with Gasteiger partial charge in [-0.1, -0.05) is 0 Å². The first-order chi connectivity index (χ1) is 8.79. The molecule has 18 heavy (non-hydrogen) atoms. The zero-order chi connectivity index (χ0) is 12.8. The van der Waals surface area contributed by atoms with E-state index in [1.54, 1.807) is 11.3 Å². The molecule has 6 heteroatoms. The van der Waals surface area contributed by atoms with Crippen molar-refractivity contribution in [2.24, 2.45) is 0 Å². The highest BCUT2D eigenvalue weighted by molar-refractivity contribution is 7.13. The Morgan fingerprint density at radius 1 is 1.44 bits per heavy atom. The highest BCUT2D eigenvalue weighted by Gasteiger charge is 2.18. The lowest BCUT2D eigenvalue weighted by Crippen LogP contribution is -2.47. The first kappa shape index (κ1) is 13.3. The molecule has 0 saturated carbocycles. The van der Waals surface area contributed by atoms with E-state index in [0.717, 1.165) is 44.4 Å². The summed E-state index contributed by atoms with van der Waals surface area (Å²) in [5.41, 5.74) is 0. The van der Waals surface area contributed by atoms with E-state index in [0.29, 0.717) is 6.42 Å². The maximum absolute atomic E-state index is 11.4. The van der Waals surface area contributed by atoms with Crippen LogP contribution < -0.4 is 10.2 Å². The number of amides is 1. The van der Waals surface area contributed by atoms with Gasteiger partial charge in [0, 0.05) is 57.3 Å². The monoisotopic (exact) mass is 268 g/mol. The van der Waals surface area contributed by atoms with E-state index in [-0.39, 0.29) is 5.91 Å². The number of hydrogen-bond donors (Lipinski definition) is 1. The highest BCUT2D eigenvalue weighted by Crippen LogP contribution is 2.18. The van der Waals surface area contributed by atoms with Crippen LogP contribution in [0.4, 0.5) is 5.13 Å². The van der Waals surface area contributed by atoms with E-state index in [9.17, 15) is 4.79 Å². The van der Waals surface area contributed by atoms with Crippen molar-refractivity contribution in [1.82, 2.24) is 15.2 Å². The molecule has 0 aromatic carbocycles. The summed E-state index contributed by atoms with van der Waals surface area (Å²) in [4.78, 5) is 20.4. The van der Waals surface area contributed by atoms with Crippen molar-refractivity contribution in [2.45, 2.75) is 13.3 Å². The molecule has 0 bridgehead atoms. The van der Waals surface area contributed by atoms with E-state index >= 15 is 0 Å². The third-order valence-corrected chi connectivity index (χ3v) is 3.92. The normalized spacial score (nSPS) is 16.8. The first-order valence-electron chi connectivity index (χ1n) is 6.43. The van der Waals surface area contributed by atoms with Gasteiger partial charge in [0.05, 0.1) is 0 Å². The zero-order valence-electron chi connectivity index (χ0n) is 10.8. The molecule has 1 fully saturated rings. The van der Waals surface area contributed by atoms with Gasteiger partial charge in [0.25, 0.3) is 0 Å². The van der Waals surface area contributed by atoms with Gasteiger partial charge >= 0.3 is 0 Å². The zero-order valence-corrected chi connectivity index (χ0v) is 11.6. The number of nitrogens with zero attached hydrogens (tertiary/aromatic N) is 3. The predicted octanol–water partition coefficient (Wildman–Crippen LogP) is 0.791. The first-order valence-corrected chi connectivity index (χ1v) is 7.31. The van der Waals surface area contributed by atoms with Crippen molar-refractivity contribution in [3.05, 3.63) is 11.6 Å². The summed E-state index contributed by atoms with van der Waals surface area (Å²) in [6, 6.07) is 0. The van der Waals surface area contributed by atoms with Crippen LogP contribution >= 0.6 is 11.3 Å². The number of piperazine rings is 1. The minimum Gasteiger partial charge on any atom is -0.356 e. The summed E-state index contributed by atoms with van der Waals surface area (Å²) in [6.45, 7) is 7.56. The summed E-state index contributed by atoms with van der Waals surface area (Å²) in [7, 11) is 0. The Morgan fingerprint density at radius 3 is 2.83 bits per heavy atom. The van der Waals surface area contributed by atoms with Gasteiger partial charge in [-0.2, -0.15) is 0 Å². The Morgan fingerprint density at radius 2 is 2.22 bits per heavy atom. The van der Waals surface area contributed by atoms with Crippen LogP contribution in [0.5, 0.6) is 0 Å². The number of aromatic nitrogens is 1. The van der Waals surface area contributed by atoms with Crippen molar-refractivity contribution in [2.75, 3.05) is 44.2 Å². The molecule has 1 N–H and O–H groups in total. The second kappa shape index (κ2) is 6.70. The summed E-state index contributed by atoms with van der Waals surface area (Å²) in [5, 5.41) is 5.95. The average Bonchev–Trinajstić information content (AvgIpc) is 2.91. The number of thiazole rings is 1. The standard InChI is InChI=1S/C12H20N4OS/c1-2-13-11(17)3-5-15-6-8-16(9-7-15)12-14-4-10-18-12/h4,10H,2-3,5-9H2,1H3,(H,13,17). The summed E-state index contributed by atoms with van der Waals surface area (Å²) in [5.74, 6) is 0.153. The second-order valence-electron chi connectivity index (χ2n) is 4.35. The maximum atomic E-state index is 11.4. The molecule has 1 saturated heterocycles. The minimum atomic E-state index is 0.153. The van der Waals surface area contributed by atoms with E-state index in [1.807, 2.05) is 18.5 Å². The quantitative estimate of drug-likeness (QED) is 0.858. The van der Waals surface area contributed by atoms with Gasteiger partial charge in [-0.3, -0.25) is 9.69 Å². The van der Waals surface area contributed by atoms with Crippen LogP contribution in [0, 0.1) is 0 Å². The third kappa shape index (κ3) is 3.68. The van der Waals surface area contributed by atoms with Crippen molar-refractivity contribution in [3.63, 3.8) is 0 Å². The van der Waals surface area contributed by atoms with E-state index in [2.05, 4.69) is 20.1 Å². The molecule has 0 spiro atoms. The molecule has 1 aliphatic rings. The summed E-state index contributed by atoms with van der Waals surface area (Å²) in [6.07, 6.45) is 2.45. The van der Waals surface area contributed by atoms with E-state index in [4.69, 9.17) is 0 Å². The molecular weight excluding hydrogens is 248 g/mol. The lowest BCUT2D eigenvalue weighted by molar-refractivity contribution is -0.121. The van der Waals surface area contributed by atoms with Gasteiger partial charge in [-0.15, -0.1) is 11.3 Å². The van der Waals surface area contributed by atoms with Crippen LogP contribution in [-0.4, -0.2) is 55.1 Å². The highest BCUT2D eigenvalue weighted by atomic mass is 32.1. The van der Waals surface area contributed by atoms with Crippen LogP contribution in [0.2, 0.25) is 0 Å². The number of hydrogen-bond acceptors (Lipinski definition) is 5. The molecule has 2 rings (SSSR count). The largest absolute Gasteiger partial charge is 0.356 e. The average molecular weight is 268 g/mol. The molecular formula is C12H20N4OS. The molecule has 100 valence electrons. The summed E-state index contributed by atoms with van der Waals surface area (Å²) >= 11 is 1.69. The lowest BCUT2D eigenvalue weighted by atomic mass is 10.3. The molecule has 2 heterocycles. The summed E-state index contributed by atoms with van der Waals surface area (Å²) < 4.78 is 0. The Kier molecular flexibility index (Phi) is 4.95. The molecule has 1 aromatic rings. The van der Waals surface area contributed by atoms with Crippen LogP contribution in [0.3, 0.4) is 0 Å². The van der Waals surface area contributed by atoms with Crippen LogP contribution in [0.15, 0.2) is 11.6 Å². The van der Waals surface area contributed by atoms with Crippen molar-refractivity contribution >= 4 is 22.4 Å². The van der Waals surface area contributed by atoms with Crippen molar-refractivity contribution in [3.8, 4) is 0 Å². The predicted molar refractivity (Wildman–Crippen MR) is 74.1 cm³/mol. The van der Waals surface area contributed by atoms with E-state index < -0.39 is 0 Å². The Bertz CT molecular complexity index is 360. The molecule has 0 aliphatic carbocycles. The molecule has 0 atom stereocenters. The fraction of sp³-hybridized carbons (Fsp3) is 0.667. The number of carbonyl (C=O) groups is 1. The van der Waals surface area contributed by atoms with Gasteiger partial charge < -0.3 is 10.2 Å². The number of anilines is 1. The fourth-order valence-corrected chi connectivity index (χ4v) is 2.78. The smallest absolute Gasteiger partial charge is 0.221 e. The van der Waals surface area contributed by atoms with Gasteiger partial charge in [0.1, 0.15) is 0 Å². The Labute approximate surface area is 112 Å². The molecule has 0 unspecified atom stereocenters. The fourth-order valence-electron chi connectivity index (χ4n) is 2.08. The maximum Gasteiger partial charge on any atom is 0.221 e. The van der Waals surface area contributed by atoms with Crippen LogP contribution in [-0.2, 0) is 4.79 Å². The van der Waals surface area contributed by atoms with Crippen molar-refractivity contribution in [1.29, 1.82) is 0 Å². The van der Waals surface area contributed by atoms with Crippen LogP contribution in [0.1, 0.15) is 13.3 Å². The Balaban J connectivity index is 1.69. The van der Waals surface area contributed by atoms with Gasteiger partial charge in [-0.25, -0.2) is 4.98 Å². The SMILES string of the molecule is CCNC(=O)CCN1CCN(c2nccs2)CC1. The van der Waals surface area contributed by atoms with Crippen LogP contribution in [0.25, 0.3) is 0 Å².